The minimum atomic E-state index is -0.889. The van der Waals surface area contributed by atoms with Gasteiger partial charge in [0, 0.05) is 62.2 Å². The Hall–Kier alpha value is -4.67. The van der Waals surface area contributed by atoms with E-state index in [0.29, 0.717) is 48.8 Å². The Morgan fingerprint density at radius 1 is 0.950 bits per heavy atom. The monoisotopic (exact) mass is 548 g/mol. The van der Waals surface area contributed by atoms with Crippen molar-refractivity contribution >= 4 is 23.2 Å². The molecule has 0 aliphatic carbocycles. The second-order valence-corrected chi connectivity index (χ2v) is 9.74. The van der Waals surface area contributed by atoms with Crippen LogP contribution in [0.2, 0.25) is 0 Å². The van der Waals surface area contributed by atoms with Crippen molar-refractivity contribution in [2.45, 2.75) is 12.0 Å². The summed E-state index contributed by atoms with van der Waals surface area (Å²) in [5, 5.41) is 11.0. The highest BCUT2D eigenvalue weighted by Gasteiger charge is 2.46. The molecule has 2 heterocycles. The summed E-state index contributed by atoms with van der Waals surface area (Å²) in [7, 11) is 4.52. The van der Waals surface area contributed by atoms with Crippen LogP contribution in [0.5, 0.6) is 11.5 Å². The summed E-state index contributed by atoms with van der Waals surface area (Å²) in [4.78, 5) is 43.6. The van der Waals surface area contributed by atoms with Gasteiger partial charge in [-0.2, -0.15) is 0 Å². The van der Waals surface area contributed by atoms with Crippen molar-refractivity contribution in [1.29, 1.82) is 0 Å². The van der Waals surface area contributed by atoms with Crippen LogP contribution in [0.15, 0.2) is 60.7 Å². The molecule has 0 N–H and O–H groups in total. The number of fused-ring (bicyclic) bond motifs is 1. The average molecular weight is 549 g/mol. The topological polar surface area (TPSA) is 105 Å². The summed E-state index contributed by atoms with van der Waals surface area (Å²) < 4.78 is 26.1. The molecule has 3 aromatic carbocycles. The number of hydrogen-bond donors (Lipinski definition) is 0. The lowest BCUT2D eigenvalue weighted by molar-refractivity contribution is -0.384. The van der Waals surface area contributed by atoms with Crippen LogP contribution in [-0.4, -0.2) is 74.0 Å². The molecule has 2 amide bonds. The summed E-state index contributed by atoms with van der Waals surface area (Å²) in [6.07, 6.45) is 0. The van der Waals surface area contributed by atoms with Gasteiger partial charge in [-0.3, -0.25) is 19.7 Å². The van der Waals surface area contributed by atoms with Crippen molar-refractivity contribution in [3.05, 3.63) is 93.3 Å². The van der Waals surface area contributed by atoms with Gasteiger partial charge in [-0.1, -0.05) is 18.2 Å². The molecule has 2 aliphatic heterocycles. The summed E-state index contributed by atoms with van der Waals surface area (Å²) in [5.41, 5.74) is 1.85. The van der Waals surface area contributed by atoms with Crippen LogP contribution in [0, 0.1) is 15.9 Å². The Balaban J connectivity index is 1.50. The van der Waals surface area contributed by atoms with Gasteiger partial charge in [0.1, 0.15) is 5.82 Å². The van der Waals surface area contributed by atoms with E-state index in [2.05, 4.69) is 4.90 Å². The van der Waals surface area contributed by atoms with Gasteiger partial charge in [0.25, 0.3) is 11.6 Å². The second kappa shape index (κ2) is 10.8. The lowest BCUT2D eigenvalue weighted by Crippen LogP contribution is -2.53. The van der Waals surface area contributed by atoms with Gasteiger partial charge in [0.2, 0.25) is 5.91 Å². The molecular formula is C29H29FN4O6. The molecule has 208 valence electrons. The van der Waals surface area contributed by atoms with Gasteiger partial charge in [0.15, 0.2) is 11.5 Å². The first-order valence-electron chi connectivity index (χ1n) is 12.8. The molecule has 0 spiro atoms. The van der Waals surface area contributed by atoms with Gasteiger partial charge >= 0.3 is 0 Å². The predicted molar refractivity (Wildman–Crippen MR) is 145 cm³/mol. The number of rotatable bonds is 6. The van der Waals surface area contributed by atoms with Crippen LogP contribution in [0.4, 0.5) is 15.8 Å². The molecule has 10 nitrogen and oxygen atoms in total. The number of piperazine rings is 1. The zero-order valence-electron chi connectivity index (χ0n) is 22.4. The number of hydrogen-bond acceptors (Lipinski definition) is 7. The van der Waals surface area contributed by atoms with E-state index < -0.39 is 22.7 Å². The molecule has 1 saturated heterocycles. The SMILES string of the molecule is COc1cc2c(cc1OC)[C@H](C(=O)N1CCN(c3ccc([N+](=O)[O-])cc3)CC1)[C@@H](c1ccccc1F)N(C)C2=O. The molecule has 0 aromatic heterocycles. The molecule has 2 atom stereocenters. The van der Waals surface area contributed by atoms with Crippen molar-refractivity contribution in [3.8, 4) is 11.5 Å². The highest BCUT2D eigenvalue weighted by molar-refractivity contribution is 6.02. The lowest BCUT2D eigenvalue weighted by Gasteiger charge is -2.43. The standard InChI is InChI=1S/C29H29FN4O6/c1-31-27(20-6-4-5-7-23(20)30)26(21-16-24(39-2)25(40-3)17-22(21)28(31)35)29(36)33-14-12-32(13-15-33)18-8-10-19(11-9-18)34(37)38/h4-11,16-17,26-27H,12-15H2,1-3H3/t26-,27+/m0/s1. The molecular weight excluding hydrogens is 519 g/mol. The number of amides is 2. The molecule has 3 aromatic rings. The maximum atomic E-state index is 15.2. The molecule has 0 unspecified atom stereocenters. The number of likely N-dealkylation sites (N-methyl/N-ethyl adjacent to an activating group) is 1. The minimum Gasteiger partial charge on any atom is -0.493 e. The first kappa shape index (κ1) is 26.9. The lowest BCUT2D eigenvalue weighted by atomic mass is 9.78. The fourth-order valence-corrected chi connectivity index (χ4v) is 5.59. The quantitative estimate of drug-likeness (QED) is 0.339. The van der Waals surface area contributed by atoms with E-state index in [-0.39, 0.29) is 23.1 Å². The van der Waals surface area contributed by atoms with Gasteiger partial charge in [-0.25, -0.2) is 4.39 Å². The molecule has 0 bridgehead atoms. The van der Waals surface area contributed by atoms with Crippen molar-refractivity contribution in [3.63, 3.8) is 0 Å². The Bertz CT molecular complexity index is 1460. The zero-order valence-corrected chi connectivity index (χ0v) is 22.4. The number of nitrogens with zero attached hydrogens (tertiary/aromatic N) is 4. The van der Waals surface area contributed by atoms with Gasteiger partial charge < -0.3 is 24.2 Å². The van der Waals surface area contributed by atoms with Gasteiger partial charge in [-0.15, -0.1) is 0 Å². The average Bonchev–Trinajstić information content (AvgIpc) is 2.98. The summed E-state index contributed by atoms with van der Waals surface area (Å²) in [6, 6.07) is 14.8. The number of nitro benzene ring substituents is 1. The van der Waals surface area contributed by atoms with Gasteiger partial charge in [-0.05, 0) is 35.9 Å². The van der Waals surface area contributed by atoms with Crippen molar-refractivity contribution in [2.75, 3.05) is 52.3 Å². The number of methoxy groups -OCH3 is 2. The Kier molecular flexibility index (Phi) is 7.29. The number of benzene rings is 3. The Morgan fingerprint density at radius 2 is 1.57 bits per heavy atom. The smallest absolute Gasteiger partial charge is 0.269 e. The summed E-state index contributed by atoms with van der Waals surface area (Å²) in [6.45, 7) is 1.79. The fourth-order valence-electron chi connectivity index (χ4n) is 5.59. The highest BCUT2D eigenvalue weighted by Crippen LogP contribution is 2.47. The number of nitro groups is 1. The van der Waals surface area contributed by atoms with Crippen molar-refractivity contribution in [1.82, 2.24) is 9.80 Å². The highest BCUT2D eigenvalue weighted by atomic mass is 19.1. The summed E-state index contributed by atoms with van der Waals surface area (Å²) in [5.74, 6) is -1.25. The van der Waals surface area contributed by atoms with E-state index in [0.717, 1.165) is 5.69 Å². The van der Waals surface area contributed by atoms with Crippen LogP contribution >= 0.6 is 0 Å². The third kappa shape index (κ3) is 4.67. The largest absolute Gasteiger partial charge is 0.493 e. The van der Waals surface area contributed by atoms with E-state index in [4.69, 9.17) is 9.47 Å². The number of halogens is 1. The number of carbonyl (C=O) groups is 2. The Morgan fingerprint density at radius 3 is 2.17 bits per heavy atom. The first-order valence-corrected chi connectivity index (χ1v) is 12.8. The van der Waals surface area contributed by atoms with Crippen LogP contribution in [0.1, 0.15) is 33.4 Å². The van der Waals surface area contributed by atoms with Crippen LogP contribution in [0.25, 0.3) is 0 Å². The maximum absolute atomic E-state index is 15.2. The second-order valence-electron chi connectivity index (χ2n) is 9.74. The molecule has 2 aliphatic rings. The number of carbonyl (C=O) groups excluding carboxylic acids is 2. The van der Waals surface area contributed by atoms with Crippen LogP contribution in [-0.2, 0) is 4.79 Å². The third-order valence-corrected chi connectivity index (χ3v) is 7.68. The number of non-ortho nitro benzene ring substituents is 1. The number of ether oxygens (including phenoxy) is 2. The van der Waals surface area contributed by atoms with Crippen LogP contribution < -0.4 is 14.4 Å². The molecule has 40 heavy (non-hydrogen) atoms. The Labute approximate surface area is 230 Å². The number of anilines is 1. The molecule has 0 saturated carbocycles. The molecule has 1 fully saturated rings. The van der Waals surface area contributed by atoms with Crippen molar-refractivity contribution < 1.29 is 28.4 Å². The molecule has 0 radical (unpaired) electrons. The molecule has 11 heteroatoms. The van der Waals surface area contributed by atoms with Crippen molar-refractivity contribution in [2.24, 2.45) is 0 Å². The maximum Gasteiger partial charge on any atom is 0.269 e. The van der Waals surface area contributed by atoms with E-state index >= 15 is 4.39 Å². The first-order chi connectivity index (χ1) is 19.2. The van der Waals surface area contributed by atoms with E-state index in [9.17, 15) is 19.7 Å². The predicted octanol–water partition coefficient (Wildman–Crippen LogP) is 4.01. The van der Waals surface area contributed by atoms with E-state index in [1.165, 1.54) is 37.3 Å². The fraction of sp³-hybridized carbons (Fsp3) is 0.310. The molecule has 5 rings (SSSR count). The minimum absolute atomic E-state index is 0.0124. The van der Waals surface area contributed by atoms with Gasteiger partial charge in [0.05, 0.1) is 31.1 Å². The summed E-state index contributed by atoms with van der Waals surface area (Å²) >= 11 is 0. The third-order valence-electron chi connectivity index (χ3n) is 7.68. The zero-order chi connectivity index (χ0) is 28.6. The van der Waals surface area contributed by atoms with Crippen LogP contribution in [0.3, 0.4) is 0 Å². The normalized spacial score (nSPS) is 18.8. The van der Waals surface area contributed by atoms with E-state index in [1.54, 1.807) is 54.4 Å². The van der Waals surface area contributed by atoms with E-state index in [1.807, 2.05) is 0 Å².